The zero-order valence-corrected chi connectivity index (χ0v) is 7.27. The number of hydrogen-bond acceptors (Lipinski definition) is 3. The molecule has 0 spiro atoms. The first kappa shape index (κ1) is 9.81. The molecule has 0 bridgehead atoms. The van der Waals surface area contributed by atoms with E-state index in [9.17, 15) is 4.79 Å². The molecule has 0 aliphatic rings. The Labute approximate surface area is 80.9 Å². The number of nitrogens with zero attached hydrogens (tertiary/aromatic N) is 1. The van der Waals surface area contributed by atoms with E-state index in [0.717, 1.165) is 6.08 Å². The molecular weight excluding hydrogens is 180 g/mol. The highest BCUT2D eigenvalue weighted by molar-refractivity contribution is 5.86. The molecule has 0 aliphatic heterocycles. The van der Waals surface area contributed by atoms with Crippen LogP contribution in [-0.2, 0) is 4.79 Å². The molecule has 0 saturated heterocycles. The van der Waals surface area contributed by atoms with Gasteiger partial charge < -0.3 is 10.8 Å². The first-order chi connectivity index (χ1) is 6.63. The molecule has 0 fully saturated rings. The number of nitriles is 1. The van der Waals surface area contributed by atoms with Crippen LogP contribution in [0.25, 0.3) is 6.08 Å². The maximum Gasteiger partial charge on any atom is 0.328 e. The highest BCUT2D eigenvalue weighted by Gasteiger charge is 1.97. The topological polar surface area (TPSA) is 87.1 Å². The van der Waals surface area contributed by atoms with Crippen LogP contribution in [-0.4, -0.2) is 11.1 Å². The lowest BCUT2D eigenvalue weighted by atomic mass is 10.1. The fourth-order valence-electron chi connectivity index (χ4n) is 0.957. The molecule has 1 aromatic rings. The van der Waals surface area contributed by atoms with Crippen LogP contribution in [0.3, 0.4) is 0 Å². The minimum absolute atomic E-state index is 0.390. The van der Waals surface area contributed by atoms with E-state index in [1.54, 1.807) is 12.1 Å². The van der Waals surface area contributed by atoms with Gasteiger partial charge in [-0.15, -0.1) is 0 Å². The lowest BCUT2D eigenvalue weighted by Gasteiger charge is -1.99. The molecule has 0 atom stereocenters. The van der Waals surface area contributed by atoms with E-state index < -0.39 is 5.97 Å². The molecule has 0 aliphatic carbocycles. The van der Waals surface area contributed by atoms with E-state index in [-0.39, 0.29) is 0 Å². The number of carbonyl (C=O) groups is 1. The van der Waals surface area contributed by atoms with E-state index in [0.29, 0.717) is 16.8 Å². The van der Waals surface area contributed by atoms with Gasteiger partial charge >= 0.3 is 5.97 Å². The third-order valence-electron chi connectivity index (χ3n) is 1.62. The number of nitrogens with two attached hydrogens (primary N) is 1. The van der Waals surface area contributed by atoms with Crippen LogP contribution in [0.2, 0.25) is 0 Å². The molecule has 0 radical (unpaired) electrons. The van der Waals surface area contributed by atoms with Crippen molar-refractivity contribution in [1.82, 2.24) is 0 Å². The predicted octanol–water partition coefficient (Wildman–Crippen LogP) is 1.24. The Morgan fingerprint density at radius 1 is 1.57 bits per heavy atom. The Morgan fingerprint density at radius 3 is 2.79 bits per heavy atom. The van der Waals surface area contributed by atoms with Crippen LogP contribution in [0.4, 0.5) is 5.69 Å². The average Bonchev–Trinajstić information content (AvgIpc) is 2.15. The number of carboxylic acids is 1. The number of hydrogen-bond donors (Lipinski definition) is 2. The Hall–Kier alpha value is -2.28. The maximum atomic E-state index is 10.2. The van der Waals surface area contributed by atoms with Gasteiger partial charge in [0.25, 0.3) is 0 Å². The van der Waals surface area contributed by atoms with E-state index in [2.05, 4.69) is 0 Å². The number of aliphatic carboxylic acids is 1. The standard InChI is InChI=1S/C10H8N2O2/c11-6-7-1-2-8(9(12)5-7)3-4-10(13)14/h1-5H,12H2,(H,13,14). The van der Waals surface area contributed by atoms with Gasteiger partial charge in [0.1, 0.15) is 0 Å². The van der Waals surface area contributed by atoms with Gasteiger partial charge in [0.2, 0.25) is 0 Å². The normalized spacial score (nSPS) is 9.93. The van der Waals surface area contributed by atoms with Gasteiger partial charge in [-0.1, -0.05) is 6.07 Å². The largest absolute Gasteiger partial charge is 0.478 e. The van der Waals surface area contributed by atoms with Crippen LogP contribution in [0.1, 0.15) is 11.1 Å². The molecular formula is C10H8N2O2. The summed E-state index contributed by atoms with van der Waals surface area (Å²) in [4.78, 5) is 10.2. The summed E-state index contributed by atoms with van der Waals surface area (Å²) in [6.07, 6.45) is 2.39. The molecule has 4 heteroatoms. The van der Waals surface area contributed by atoms with Gasteiger partial charge in [-0.25, -0.2) is 4.79 Å². The average molecular weight is 188 g/mol. The first-order valence-electron chi connectivity index (χ1n) is 3.84. The predicted molar refractivity (Wildman–Crippen MR) is 52.2 cm³/mol. The first-order valence-corrected chi connectivity index (χ1v) is 3.84. The maximum absolute atomic E-state index is 10.2. The monoisotopic (exact) mass is 188 g/mol. The Balaban J connectivity index is 3.02. The van der Waals surface area contributed by atoms with Crippen molar-refractivity contribution in [2.75, 3.05) is 5.73 Å². The molecule has 3 N–H and O–H groups in total. The number of rotatable bonds is 2. The van der Waals surface area contributed by atoms with Crippen molar-refractivity contribution in [1.29, 1.82) is 5.26 Å². The van der Waals surface area contributed by atoms with Crippen LogP contribution in [0, 0.1) is 11.3 Å². The molecule has 4 nitrogen and oxygen atoms in total. The van der Waals surface area contributed by atoms with Crippen molar-refractivity contribution in [2.45, 2.75) is 0 Å². The zero-order chi connectivity index (χ0) is 10.6. The fraction of sp³-hybridized carbons (Fsp3) is 0. The zero-order valence-electron chi connectivity index (χ0n) is 7.27. The highest BCUT2D eigenvalue weighted by Crippen LogP contribution is 2.15. The highest BCUT2D eigenvalue weighted by atomic mass is 16.4. The summed E-state index contributed by atoms with van der Waals surface area (Å²) >= 11 is 0. The van der Waals surface area contributed by atoms with E-state index in [1.807, 2.05) is 6.07 Å². The van der Waals surface area contributed by atoms with Crippen molar-refractivity contribution >= 4 is 17.7 Å². The van der Waals surface area contributed by atoms with Crippen LogP contribution in [0.5, 0.6) is 0 Å². The van der Waals surface area contributed by atoms with Crippen molar-refractivity contribution < 1.29 is 9.90 Å². The van der Waals surface area contributed by atoms with Crippen molar-refractivity contribution in [3.05, 3.63) is 35.4 Å². The molecule has 0 amide bonds. The Bertz CT molecular complexity index is 430. The third-order valence-corrected chi connectivity index (χ3v) is 1.62. The molecule has 0 heterocycles. The summed E-state index contributed by atoms with van der Waals surface area (Å²) in [7, 11) is 0. The Kier molecular flexibility index (Phi) is 2.87. The Morgan fingerprint density at radius 2 is 2.29 bits per heavy atom. The summed E-state index contributed by atoms with van der Waals surface area (Å²) in [5, 5.41) is 16.9. The van der Waals surface area contributed by atoms with E-state index >= 15 is 0 Å². The number of carboxylic acid groups (broad SMARTS) is 1. The summed E-state index contributed by atoms with van der Waals surface area (Å²) in [5.41, 5.74) is 7.02. The number of nitrogen functional groups attached to an aromatic ring is 1. The van der Waals surface area contributed by atoms with Gasteiger partial charge in [0.05, 0.1) is 11.6 Å². The van der Waals surface area contributed by atoms with Gasteiger partial charge in [-0.2, -0.15) is 5.26 Å². The minimum atomic E-state index is -1.03. The second-order valence-corrected chi connectivity index (χ2v) is 2.63. The molecule has 14 heavy (non-hydrogen) atoms. The lowest BCUT2D eigenvalue weighted by Crippen LogP contribution is -1.91. The van der Waals surface area contributed by atoms with Crippen molar-refractivity contribution in [3.8, 4) is 6.07 Å². The van der Waals surface area contributed by atoms with E-state index in [1.165, 1.54) is 12.1 Å². The quantitative estimate of drug-likeness (QED) is 0.540. The third kappa shape index (κ3) is 2.35. The second kappa shape index (κ2) is 4.10. The van der Waals surface area contributed by atoms with Crippen LogP contribution >= 0.6 is 0 Å². The minimum Gasteiger partial charge on any atom is -0.478 e. The van der Waals surface area contributed by atoms with Crippen LogP contribution in [0.15, 0.2) is 24.3 Å². The lowest BCUT2D eigenvalue weighted by molar-refractivity contribution is -0.131. The summed E-state index contributed by atoms with van der Waals surface area (Å²) < 4.78 is 0. The molecule has 0 saturated carbocycles. The van der Waals surface area contributed by atoms with Crippen LogP contribution < -0.4 is 5.73 Å². The van der Waals surface area contributed by atoms with E-state index in [4.69, 9.17) is 16.1 Å². The SMILES string of the molecule is N#Cc1ccc(C=CC(=O)O)c(N)c1. The van der Waals surface area contributed by atoms with Gasteiger partial charge in [0, 0.05) is 11.8 Å². The smallest absolute Gasteiger partial charge is 0.328 e. The van der Waals surface area contributed by atoms with Gasteiger partial charge in [-0.3, -0.25) is 0 Å². The second-order valence-electron chi connectivity index (χ2n) is 2.63. The number of benzene rings is 1. The van der Waals surface area contributed by atoms with Gasteiger partial charge in [0.15, 0.2) is 0 Å². The molecule has 0 unspecified atom stereocenters. The molecule has 0 aromatic heterocycles. The fourth-order valence-corrected chi connectivity index (χ4v) is 0.957. The van der Waals surface area contributed by atoms with Crippen molar-refractivity contribution in [2.24, 2.45) is 0 Å². The molecule has 70 valence electrons. The summed E-state index contributed by atoms with van der Waals surface area (Å²) in [5.74, 6) is -1.03. The molecule has 1 rings (SSSR count). The summed E-state index contributed by atoms with van der Waals surface area (Å²) in [6, 6.07) is 6.63. The van der Waals surface area contributed by atoms with Gasteiger partial charge in [-0.05, 0) is 23.8 Å². The molecule has 1 aromatic carbocycles. The summed E-state index contributed by atoms with van der Waals surface area (Å²) in [6.45, 7) is 0. The van der Waals surface area contributed by atoms with Crippen molar-refractivity contribution in [3.63, 3.8) is 0 Å². The number of anilines is 1.